The average molecular weight is 267 g/mol. The highest BCUT2D eigenvalue weighted by molar-refractivity contribution is 7.10. The van der Waals surface area contributed by atoms with Crippen LogP contribution in [0.1, 0.15) is 43.2 Å². The molecule has 3 nitrogen and oxygen atoms in total. The molecule has 1 aliphatic rings. The van der Waals surface area contributed by atoms with Gasteiger partial charge in [-0.15, -0.1) is 11.3 Å². The molecule has 0 radical (unpaired) electrons. The van der Waals surface area contributed by atoms with Crippen LogP contribution in [0.25, 0.3) is 0 Å². The zero-order valence-electron chi connectivity index (χ0n) is 11.2. The fraction of sp³-hybridized carbons (Fsp3) is 0.643. The fourth-order valence-electron chi connectivity index (χ4n) is 2.51. The molecule has 0 saturated heterocycles. The Labute approximate surface area is 113 Å². The quantitative estimate of drug-likeness (QED) is 0.852. The first kappa shape index (κ1) is 13.6. The van der Waals surface area contributed by atoms with Crippen molar-refractivity contribution < 1.29 is 9.53 Å². The number of nitrogens with one attached hydrogen (secondary N) is 1. The minimum absolute atomic E-state index is 0.112. The molecule has 1 N–H and O–H groups in total. The highest BCUT2D eigenvalue weighted by Gasteiger charge is 2.27. The minimum atomic E-state index is -0.142. The Kier molecular flexibility index (Phi) is 4.40. The Hall–Kier alpha value is -0.870. The van der Waals surface area contributed by atoms with E-state index in [0.717, 1.165) is 6.42 Å². The topological polar surface area (TPSA) is 38.3 Å². The van der Waals surface area contributed by atoms with Gasteiger partial charge in [0, 0.05) is 17.0 Å². The molecule has 100 valence electrons. The summed E-state index contributed by atoms with van der Waals surface area (Å²) in [5, 5.41) is 5.75. The summed E-state index contributed by atoms with van der Waals surface area (Å²) >= 11 is 1.84. The number of fused-ring (bicyclic) bond motifs is 1. The molecule has 1 aliphatic carbocycles. The monoisotopic (exact) mass is 267 g/mol. The lowest BCUT2D eigenvalue weighted by molar-refractivity contribution is -0.145. The highest BCUT2D eigenvalue weighted by Crippen LogP contribution is 2.33. The summed E-state index contributed by atoms with van der Waals surface area (Å²) in [5.74, 6) is -0.254. The molecular weight excluding hydrogens is 246 g/mol. The van der Waals surface area contributed by atoms with Gasteiger partial charge in [-0.05, 0) is 43.2 Å². The van der Waals surface area contributed by atoms with Gasteiger partial charge in [0.05, 0.1) is 13.0 Å². The van der Waals surface area contributed by atoms with Crippen molar-refractivity contribution >= 4 is 17.3 Å². The molecule has 0 aromatic carbocycles. The van der Waals surface area contributed by atoms with Crippen LogP contribution in [-0.2, 0) is 16.0 Å². The van der Waals surface area contributed by atoms with E-state index in [9.17, 15) is 4.79 Å². The lowest BCUT2D eigenvalue weighted by Crippen LogP contribution is -2.39. The molecule has 0 aliphatic heterocycles. The van der Waals surface area contributed by atoms with Gasteiger partial charge in [-0.3, -0.25) is 4.79 Å². The van der Waals surface area contributed by atoms with Gasteiger partial charge in [-0.25, -0.2) is 0 Å². The summed E-state index contributed by atoms with van der Waals surface area (Å²) < 4.78 is 4.80. The van der Waals surface area contributed by atoms with Crippen LogP contribution in [0.4, 0.5) is 0 Å². The molecule has 0 saturated carbocycles. The van der Waals surface area contributed by atoms with Gasteiger partial charge in [-0.2, -0.15) is 0 Å². The molecule has 2 rings (SSSR count). The second-order valence-corrected chi connectivity index (χ2v) is 6.01. The van der Waals surface area contributed by atoms with Crippen molar-refractivity contribution in [3.8, 4) is 0 Å². The smallest absolute Gasteiger partial charge is 0.309 e. The van der Waals surface area contributed by atoms with Gasteiger partial charge in [0.1, 0.15) is 0 Å². The van der Waals surface area contributed by atoms with E-state index >= 15 is 0 Å². The van der Waals surface area contributed by atoms with Gasteiger partial charge in [-0.1, -0.05) is 6.92 Å². The number of methoxy groups -OCH3 is 1. The number of hydrogen-bond acceptors (Lipinski definition) is 4. The number of aryl methyl sites for hydroxylation is 1. The molecule has 1 aromatic rings. The van der Waals surface area contributed by atoms with E-state index in [1.807, 2.05) is 18.3 Å². The molecule has 3 atom stereocenters. The Morgan fingerprint density at radius 1 is 1.56 bits per heavy atom. The van der Waals surface area contributed by atoms with E-state index in [4.69, 9.17) is 4.74 Å². The van der Waals surface area contributed by atoms with Crippen LogP contribution in [0.3, 0.4) is 0 Å². The third-order valence-corrected chi connectivity index (χ3v) is 4.84. The molecule has 1 heterocycles. The standard InChI is InChI=1S/C14H21NO2S/c1-9(14(16)17-3)10(2)15-12-5-4-6-13-11(12)7-8-18-13/h7-10,12,15H,4-6H2,1-3H3. The van der Waals surface area contributed by atoms with Crippen molar-refractivity contribution in [3.05, 3.63) is 21.9 Å². The predicted molar refractivity (Wildman–Crippen MR) is 73.8 cm³/mol. The second-order valence-electron chi connectivity index (χ2n) is 5.01. The summed E-state index contributed by atoms with van der Waals surface area (Å²) in [7, 11) is 1.45. The van der Waals surface area contributed by atoms with E-state index in [-0.39, 0.29) is 17.9 Å². The van der Waals surface area contributed by atoms with Crippen molar-refractivity contribution in [2.75, 3.05) is 7.11 Å². The first-order chi connectivity index (χ1) is 8.63. The van der Waals surface area contributed by atoms with Gasteiger partial charge in [0.2, 0.25) is 0 Å². The van der Waals surface area contributed by atoms with Crippen molar-refractivity contribution in [1.29, 1.82) is 0 Å². The molecule has 0 bridgehead atoms. The summed E-state index contributed by atoms with van der Waals surface area (Å²) in [5.41, 5.74) is 1.43. The zero-order valence-corrected chi connectivity index (χ0v) is 12.0. The average Bonchev–Trinajstić information content (AvgIpc) is 2.86. The van der Waals surface area contributed by atoms with Crippen LogP contribution in [0.15, 0.2) is 11.4 Å². The predicted octanol–water partition coefficient (Wildman–Crippen LogP) is 2.91. The first-order valence-corrected chi connectivity index (χ1v) is 7.41. The van der Waals surface area contributed by atoms with E-state index in [2.05, 4.69) is 23.7 Å². The minimum Gasteiger partial charge on any atom is -0.469 e. The van der Waals surface area contributed by atoms with E-state index in [0.29, 0.717) is 6.04 Å². The molecule has 4 heteroatoms. The van der Waals surface area contributed by atoms with Crippen LogP contribution in [0.5, 0.6) is 0 Å². The third kappa shape index (κ3) is 2.75. The molecule has 3 unspecified atom stereocenters. The first-order valence-electron chi connectivity index (χ1n) is 6.53. The maximum Gasteiger partial charge on any atom is 0.309 e. The van der Waals surface area contributed by atoms with E-state index in [1.54, 1.807) is 0 Å². The maximum absolute atomic E-state index is 11.5. The molecule has 1 aromatic heterocycles. The number of hydrogen-bond donors (Lipinski definition) is 1. The molecule has 0 amide bonds. The third-order valence-electron chi connectivity index (χ3n) is 3.84. The number of carbonyl (C=O) groups excluding carboxylic acids is 1. The van der Waals surface area contributed by atoms with Crippen molar-refractivity contribution in [3.63, 3.8) is 0 Å². The summed E-state index contributed by atoms with van der Waals surface area (Å²) in [6.07, 6.45) is 3.58. The normalized spacial score (nSPS) is 22.1. The number of esters is 1. The van der Waals surface area contributed by atoms with E-state index in [1.165, 1.54) is 30.4 Å². The number of ether oxygens (including phenoxy) is 1. The zero-order chi connectivity index (χ0) is 13.1. The Morgan fingerprint density at radius 2 is 2.33 bits per heavy atom. The second kappa shape index (κ2) is 5.85. The summed E-state index contributed by atoms with van der Waals surface area (Å²) in [6, 6.07) is 2.74. The summed E-state index contributed by atoms with van der Waals surface area (Å²) in [6.45, 7) is 3.98. The SMILES string of the molecule is COC(=O)C(C)C(C)NC1CCCc2sccc21. The van der Waals surface area contributed by atoms with Gasteiger partial charge in [0.15, 0.2) is 0 Å². The molecule has 18 heavy (non-hydrogen) atoms. The van der Waals surface area contributed by atoms with Gasteiger partial charge < -0.3 is 10.1 Å². The van der Waals surface area contributed by atoms with Crippen LogP contribution >= 0.6 is 11.3 Å². The Morgan fingerprint density at radius 3 is 3.06 bits per heavy atom. The lowest BCUT2D eigenvalue weighted by Gasteiger charge is -2.29. The van der Waals surface area contributed by atoms with Gasteiger partial charge in [0.25, 0.3) is 0 Å². The Balaban J connectivity index is 2.01. The maximum atomic E-state index is 11.5. The van der Waals surface area contributed by atoms with Crippen molar-refractivity contribution in [2.24, 2.45) is 5.92 Å². The number of carbonyl (C=O) groups is 1. The number of thiophene rings is 1. The lowest BCUT2D eigenvalue weighted by atomic mass is 9.92. The van der Waals surface area contributed by atoms with E-state index < -0.39 is 0 Å². The highest BCUT2D eigenvalue weighted by atomic mass is 32.1. The van der Waals surface area contributed by atoms with Gasteiger partial charge >= 0.3 is 5.97 Å². The van der Waals surface area contributed by atoms with Crippen molar-refractivity contribution in [2.45, 2.75) is 45.2 Å². The molecular formula is C14H21NO2S. The van der Waals surface area contributed by atoms with Crippen LogP contribution in [-0.4, -0.2) is 19.1 Å². The van der Waals surface area contributed by atoms with Crippen LogP contribution in [0.2, 0.25) is 0 Å². The van der Waals surface area contributed by atoms with Crippen molar-refractivity contribution in [1.82, 2.24) is 5.32 Å². The Bertz CT molecular complexity index is 416. The largest absolute Gasteiger partial charge is 0.469 e. The summed E-state index contributed by atoms with van der Waals surface area (Å²) in [4.78, 5) is 13.0. The fourth-order valence-corrected chi connectivity index (χ4v) is 3.50. The molecule has 0 spiro atoms. The molecule has 0 fully saturated rings. The number of rotatable bonds is 4. The van der Waals surface area contributed by atoms with Crippen LogP contribution in [0, 0.1) is 5.92 Å². The van der Waals surface area contributed by atoms with Crippen LogP contribution < -0.4 is 5.32 Å².